The lowest BCUT2D eigenvalue weighted by Gasteiger charge is -2.18. The average Bonchev–Trinajstić information content (AvgIpc) is 3.11. The van der Waals surface area contributed by atoms with Crippen molar-refractivity contribution in [3.63, 3.8) is 0 Å². The van der Waals surface area contributed by atoms with Crippen LogP contribution in [0, 0.1) is 0 Å². The quantitative estimate of drug-likeness (QED) is 0.618. The van der Waals surface area contributed by atoms with Crippen LogP contribution in [0.25, 0.3) is 17.0 Å². The predicted octanol–water partition coefficient (Wildman–Crippen LogP) is 1.72. The lowest BCUT2D eigenvalue weighted by atomic mass is 10.1. The summed E-state index contributed by atoms with van der Waals surface area (Å²) in [6, 6.07) is 6.33. The minimum Gasteiger partial charge on any atom is -0.467 e. The Morgan fingerprint density at radius 2 is 2.00 bits per heavy atom. The van der Waals surface area contributed by atoms with Crippen LogP contribution in [0.1, 0.15) is 12.5 Å². The van der Waals surface area contributed by atoms with Crippen LogP contribution in [0.3, 0.4) is 0 Å². The molecule has 0 unspecified atom stereocenters. The summed E-state index contributed by atoms with van der Waals surface area (Å²) in [6.07, 6.45) is 3.28. The van der Waals surface area contributed by atoms with Crippen molar-refractivity contribution in [3.05, 3.63) is 40.9 Å². The molecule has 0 bridgehead atoms. The highest BCUT2D eigenvalue weighted by Crippen LogP contribution is 2.35. The van der Waals surface area contributed by atoms with E-state index in [9.17, 15) is 19.2 Å². The molecule has 1 aliphatic heterocycles. The first-order valence-corrected chi connectivity index (χ1v) is 8.86. The molecule has 1 saturated heterocycles. The molecule has 1 fully saturated rings. The molecule has 8 nitrogen and oxygen atoms in total. The summed E-state index contributed by atoms with van der Waals surface area (Å²) in [5, 5.41) is 0.275. The highest BCUT2D eigenvalue weighted by Gasteiger charge is 2.41. The second-order valence-corrected chi connectivity index (χ2v) is 6.94. The zero-order valence-corrected chi connectivity index (χ0v) is 15.5. The Morgan fingerprint density at radius 1 is 1.30 bits per heavy atom. The van der Waals surface area contributed by atoms with E-state index < -0.39 is 29.1 Å². The van der Waals surface area contributed by atoms with Gasteiger partial charge in [-0.2, -0.15) is 0 Å². The molecule has 1 aliphatic rings. The summed E-state index contributed by atoms with van der Waals surface area (Å²) < 4.78 is 6.30. The number of thioether (sulfide) groups is 1. The van der Waals surface area contributed by atoms with Gasteiger partial charge in [-0.25, -0.2) is 4.79 Å². The standard InChI is InChI=1S/C18H17N3O5S/c1-10(17(24)26-2)21-16(23)14(27-18(21)25)7-11-8-20(9-15(19)22)13-6-4-3-5-12(11)13/h3-8,10H,9H2,1-2H3,(H2,19,22)/t10-/m0/s1. The largest absolute Gasteiger partial charge is 0.467 e. The molecule has 1 atom stereocenters. The molecule has 2 aromatic rings. The number of carbonyl (C=O) groups excluding carboxylic acids is 4. The molecule has 2 heterocycles. The fraction of sp³-hybridized carbons (Fsp3) is 0.222. The molecule has 0 radical (unpaired) electrons. The smallest absolute Gasteiger partial charge is 0.328 e. The third kappa shape index (κ3) is 3.45. The average molecular weight is 387 g/mol. The molecule has 1 aromatic heterocycles. The Morgan fingerprint density at radius 3 is 2.67 bits per heavy atom. The monoisotopic (exact) mass is 387 g/mol. The fourth-order valence-corrected chi connectivity index (χ4v) is 3.82. The zero-order valence-electron chi connectivity index (χ0n) is 14.7. The van der Waals surface area contributed by atoms with Crippen LogP contribution in [0.15, 0.2) is 35.4 Å². The number of rotatable bonds is 5. The number of nitrogens with zero attached hydrogens (tertiary/aromatic N) is 2. The van der Waals surface area contributed by atoms with Crippen molar-refractivity contribution in [1.82, 2.24) is 9.47 Å². The topological polar surface area (TPSA) is 112 Å². The van der Waals surface area contributed by atoms with E-state index in [0.717, 1.165) is 27.6 Å². The fourth-order valence-electron chi connectivity index (χ4n) is 2.92. The van der Waals surface area contributed by atoms with Gasteiger partial charge in [0.2, 0.25) is 5.91 Å². The second kappa shape index (κ2) is 7.28. The first-order chi connectivity index (χ1) is 12.8. The SMILES string of the molecule is COC(=O)[C@H](C)N1C(=O)SC(=Cc2cn(CC(N)=O)c3ccccc23)C1=O. The highest BCUT2D eigenvalue weighted by molar-refractivity contribution is 8.18. The van der Waals surface area contributed by atoms with E-state index in [4.69, 9.17) is 5.73 Å². The van der Waals surface area contributed by atoms with E-state index in [-0.39, 0.29) is 11.4 Å². The molecule has 9 heteroatoms. The number of nitrogens with two attached hydrogens (primary N) is 1. The van der Waals surface area contributed by atoms with Crippen LogP contribution in [0.4, 0.5) is 4.79 Å². The van der Waals surface area contributed by atoms with Crippen LogP contribution < -0.4 is 5.73 Å². The van der Waals surface area contributed by atoms with Gasteiger partial charge in [0.15, 0.2) is 0 Å². The summed E-state index contributed by atoms with van der Waals surface area (Å²) in [6.45, 7) is 1.43. The summed E-state index contributed by atoms with van der Waals surface area (Å²) in [7, 11) is 1.20. The number of benzene rings is 1. The number of imide groups is 1. The number of carbonyl (C=O) groups is 4. The number of methoxy groups -OCH3 is 1. The number of esters is 1. The summed E-state index contributed by atoms with van der Waals surface area (Å²) in [5.74, 6) is -1.72. The van der Waals surface area contributed by atoms with Crippen molar-refractivity contribution in [2.45, 2.75) is 19.5 Å². The number of amides is 3. The van der Waals surface area contributed by atoms with Crippen molar-refractivity contribution in [2.75, 3.05) is 7.11 Å². The number of para-hydroxylation sites is 1. The van der Waals surface area contributed by atoms with Crippen molar-refractivity contribution in [2.24, 2.45) is 5.73 Å². The zero-order chi connectivity index (χ0) is 19.7. The van der Waals surface area contributed by atoms with Crippen molar-refractivity contribution in [1.29, 1.82) is 0 Å². The van der Waals surface area contributed by atoms with Crippen LogP contribution in [0.2, 0.25) is 0 Å². The second-order valence-electron chi connectivity index (χ2n) is 5.95. The lowest BCUT2D eigenvalue weighted by Crippen LogP contribution is -2.42. The van der Waals surface area contributed by atoms with Crippen molar-refractivity contribution >= 4 is 51.8 Å². The number of hydrogen-bond donors (Lipinski definition) is 1. The van der Waals surface area contributed by atoms with E-state index in [1.54, 1.807) is 16.8 Å². The van der Waals surface area contributed by atoms with Crippen LogP contribution >= 0.6 is 11.8 Å². The van der Waals surface area contributed by atoms with Gasteiger partial charge in [0.1, 0.15) is 12.6 Å². The molecular formula is C18H17N3O5S. The molecule has 3 rings (SSSR count). The van der Waals surface area contributed by atoms with Gasteiger partial charge in [-0.3, -0.25) is 19.3 Å². The normalized spacial score (nSPS) is 17.0. The van der Waals surface area contributed by atoms with E-state index >= 15 is 0 Å². The van der Waals surface area contributed by atoms with Gasteiger partial charge in [0.25, 0.3) is 11.1 Å². The number of aromatic nitrogens is 1. The maximum Gasteiger partial charge on any atom is 0.328 e. The maximum atomic E-state index is 12.6. The Bertz CT molecular complexity index is 994. The van der Waals surface area contributed by atoms with Crippen LogP contribution in [-0.4, -0.2) is 45.6 Å². The van der Waals surface area contributed by atoms with Gasteiger partial charge in [0.05, 0.1) is 12.0 Å². The molecule has 0 saturated carbocycles. The number of ether oxygens (including phenoxy) is 1. The molecule has 27 heavy (non-hydrogen) atoms. The number of hydrogen-bond acceptors (Lipinski definition) is 6. The van der Waals surface area contributed by atoms with Gasteiger partial charge in [-0.15, -0.1) is 0 Å². The highest BCUT2D eigenvalue weighted by atomic mass is 32.2. The first kappa shape index (κ1) is 18.7. The number of primary amides is 1. The summed E-state index contributed by atoms with van der Waals surface area (Å²) in [4.78, 5) is 48.9. The van der Waals surface area contributed by atoms with Gasteiger partial charge in [-0.1, -0.05) is 18.2 Å². The molecule has 3 amide bonds. The van der Waals surface area contributed by atoms with E-state index in [1.165, 1.54) is 14.0 Å². The Hall–Kier alpha value is -3.07. The third-order valence-corrected chi connectivity index (χ3v) is 5.07. The van der Waals surface area contributed by atoms with Crippen LogP contribution in [-0.2, 0) is 25.7 Å². The summed E-state index contributed by atoms with van der Waals surface area (Å²) in [5.41, 5.74) is 6.74. The molecule has 0 spiro atoms. The molecule has 0 aliphatic carbocycles. The van der Waals surface area contributed by atoms with Gasteiger partial charge < -0.3 is 15.0 Å². The third-order valence-electron chi connectivity index (χ3n) is 4.19. The van der Waals surface area contributed by atoms with E-state index in [1.807, 2.05) is 24.3 Å². The maximum absolute atomic E-state index is 12.6. The minimum absolute atomic E-state index is 0.00476. The predicted molar refractivity (Wildman–Crippen MR) is 100 cm³/mol. The van der Waals surface area contributed by atoms with Gasteiger partial charge in [-0.05, 0) is 30.8 Å². The minimum atomic E-state index is -1.01. The molecule has 140 valence electrons. The molecular weight excluding hydrogens is 370 g/mol. The lowest BCUT2D eigenvalue weighted by molar-refractivity contribution is -0.148. The molecule has 1 aromatic carbocycles. The van der Waals surface area contributed by atoms with Gasteiger partial charge in [0, 0.05) is 22.7 Å². The van der Waals surface area contributed by atoms with Crippen molar-refractivity contribution < 1.29 is 23.9 Å². The first-order valence-electron chi connectivity index (χ1n) is 8.04. The summed E-state index contributed by atoms with van der Waals surface area (Å²) >= 11 is 0.754. The van der Waals surface area contributed by atoms with Gasteiger partial charge >= 0.3 is 5.97 Å². The van der Waals surface area contributed by atoms with Crippen LogP contribution in [0.5, 0.6) is 0 Å². The Labute approximate surface area is 158 Å². The van der Waals surface area contributed by atoms with E-state index in [0.29, 0.717) is 5.56 Å². The number of fused-ring (bicyclic) bond motifs is 1. The Balaban J connectivity index is 2.00. The molecule has 2 N–H and O–H groups in total. The van der Waals surface area contributed by atoms with E-state index in [2.05, 4.69) is 4.74 Å². The Kier molecular flexibility index (Phi) is 5.04. The van der Waals surface area contributed by atoms with Crippen molar-refractivity contribution in [3.8, 4) is 0 Å².